The van der Waals surface area contributed by atoms with Gasteiger partial charge in [-0.2, -0.15) is 0 Å². The Morgan fingerprint density at radius 2 is 2.33 bits per heavy atom. The summed E-state index contributed by atoms with van der Waals surface area (Å²) in [6.07, 6.45) is 2.91. The average molecular weight is 212 g/mol. The van der Waals surface area contributed by atoms with Crippen LogP contribution in [0.25, 0.3) is 0 Å². The quantitative estimate of drug-likeness (QED) is 0.735. The number of nitrogens with two attached hydrogens (primary N) is 1. The molecule has 1 aliphatic carbocycles. The van der Waals surface area contributed by atoms with Crippen molar-refractivity contribution in [1.29, 1.82) is 0 Å². The van der Waals surface area contributed by atoms with Crippen LogP contribution in [0.2, 0.25) is 0 Å². The maximum Gasteiger partial charge on any atom is 0.224 e. The van der Waals surface area contributed by atoms with Crippen molar-refractivity contribution in [3.05, 3.63) is 0 Å². The van der Waals surface area contributed by atoms with Gasteiger partial charge >= 0.3 is 0 Å². The fourth-order valence-electron chi connectivity index (χ4n) is 2.11. The maximum atomic E-state index is 11.9. The van der Waals surface area contributed by atoms with Gasteiger partial charge in [0.1, 0.15) is 0 Å². The molecular formula is C11H20N2O2. The van der Waals surface area contributed by atoms with E-state index in [2.05, 4.69) is 0 Å². The monoisotopic (exact) mass is 212 g/mol. The summed E-state index contributed by atoms with van der Waals surface area (Å²) >= 11 is 0. The molecule has 0 bridgehead atoms. The van der Waals surface area contributed by atoms with E-state index in [0.717, 1.165) is 6.54 Å². The van der Waals surface area contributed by atoms with Crippen LogP contribution in [0.3, 0.4) is 0 Å². The number of rotatable bonds is 3. The highest BCUT2D eigenvalue weighted by molar-refractivity contribution is 5.77. The van der Waals surface area contributed by atoms with E-state index < -0.39 is 0 Å². The normalized spacial score (nSPS) is 28.9. The molecule has 4 heteroatoms. The first-order chi connectivity index (χ1) is 7.18. The fourth-order valence-corrected chi connectivity index (χ4v) is 2.11. The molecule has 1 saturated carbocycles. The molecule has 0 aromatic rings. The first kappa shape index (κ1) is 10.9. The third-order valence-electron chi connectivity index (χ3n) is 3.33. The van der Waals surface area contributed by atoms with Gasteiger partial charge < -0.3 is 15.4 Å². The average Bonchev–Trinajstić information content (AvgIpc) is 3.01. The van der Waals surface area contributed by atoms with Gasteiger partial charge in [-0.15, -0.1) is 0 Å². The molecule has 2 N–H and O–H groups in total. The number of carbonyl (C=O) groups excluding carboxylic acids is 1. The molecule has 2 fully saturated rings. The molecule has 1 aliphatic heterocycles. The highest BCUT2D eigenvalue weighted by atomic mass is 16.5. The summed E-state index contributed by atoms with van der Waals surface area (Å²) < 4.78 is 5.30. The Bertz CT molecular complexity index is 241. The van der Waals surface area contributed by atoms with Crippen LogP contribution in [0.1, 0.15) is 26.2 Å². The maximum absolute atomic E-state index is 11.9. The standard InChI is InChI=1S/C11H20N2O2/c1-8-7-15-5-4-13(8)11(14)6-10(12)9-2-3-9/h8-10H,2-7,12H2,1H3. The first-order valence-corrected chi connectivity index (χ1v) is 5.81. The minimum atomic E-state index is 0.0764. The van der Waals surface area contributed by atoms with Crippen LogP contribution in [-0.4, -0.2) is 42.6 Å². The zero-order valence-electron chi connectivity index (χ0n) is 9.32. The number of amides is 1. The van der Waals surface area contributed by atoms with Crippen molar-refractivity contribution in [3.63, 3.8) is 0 Å². The number of hydrogen-bond acceptors (Lipinski definition) is 3. The predicted octanol–water partition coefficient (Wildman–Crippen LogP) is 0.361. The number of carbonyl (C=O) groups is 1. The van der Waals surface area contributed by atoms with Gasteiger partial charge in [-0.25, -0.2) is 0 Å². The predicted molar refractivity (Wildman–Crippen MR) is 57.3 cm³/mol. The van der Waals surface area contributed by atoms with Gasteiger partial charge in [0, 0.05) is 19.0 Å². The minimum Gasteiger partial charge on any atom is -0.377 e. The smallest absolute Gasteiger partial charge is 0.224 e. The lowest BCUT2D eigenvalue weighted by molar-refractivity contribution is -0.139. The number of nitrogens with zero attached hydrogens (tertiary/aromatic N) is 1. The van der Waals surface area contributed by atoms with E-state index in [9.17, 15) is 4.79 Å². The molecule has 2 unspecified atom stereocenters. The molecule has 1 heterocycles. The van der Waals surface area contributed by atoms with E-state index in [1.807, 2.05) is 11.8 Å². The lowest BCUT2D eigenvalue weighted by Gasteiger charge is -2.34. The molecule has 2 rings (SSSR count). The molecule has 4 nitrogen and oxygen atoms in total. The van der Waals surface area contributed by atoms with Gasteiger partial charge in [-0.1, -0.05) is 0 Å². The summed E-state index contributed by atoms with van der Waals surface area (Å²) in [7, 11) is 0. The van der Waals surface area contributed by atoms with Gasteiger partial charge in [0.15, 0.2) is 0 Å². The summed E-state index contributed by atoms with van der Waals surface area (Å²) in [5.41, 5.74) is 5.95. The second-order valence-corrected chi connectivity index (χ2v) is 4.72. The SMILES string of the molecule is CC1COCCN1C(=O)CC(N)C1CC1. The van der Waals surface area contributed by atoms with Gasteiger partial charge in [-0.3, -0.25) is 4.79 Å². The van der Waals surface area contributed by atoms with Gasteiger partial charge in [0.05, 0.1) is 19.3 Å². The van der Waals surface area contributed by atoms with E-state index in [-0.39, 0.29) is 18.0 Å². The largest absolute Gasteiger partial charge is 0.377 e. The first-order valence-electron chi connectivity index (χ1n) is 5.81. The van der Waals surface area contributed by atoms with Crippen molar-refractivity contribution in [2.24, 2.45) is 11.7 Å². The second-order valence-electron chi connectivity index (χ2n) is 4.72. The number of morpholine rings is 1. The lowest BCUT2D eigenvalue weighted by Crippen LogP contribution is -2.48. The fraction of sp³-hybridized carbons (Fsp3) is 0.909. The molecule has 0 aromatic carbocycles. The Kier molecular flexibility index (Phi) is 3.26. The summed E-state index contributed by atoms with van der Waals surface area (Å²) in [4.78, 5) is 13.8. The Balaban J connectivity index is 1.82. The molecule has 0 radical (unpaired) electrons. The van der Waals surface area contributed by atoms with Crippen molar-refractivity contribution < 1.29 is 9.53 Å². The molecule has 2 atom stereocenters. The Morgan fingerprint density at radius 3 is 2.93 bits per heavy atom. The molecule has 0 aromatic heterocycles. The zero-order valence-corrected chi connectivity index (χ0v) is 9.32. The van der Waals surface area contributed by atoms with E-state index >= 15 is 0 Å². The van der Waals surface area contributed by atoms with Crippen LogP contribution in [0.15, 0.2) is 0 Å². The third-order valence-corrected chi connectivity index (χ3v) is 3.33. The Labute approximate surface area is 90.8 Å². The van der Waals surface area contributed by atoms with Crippen molar-refractivity contribution in [3.8, 4) is 0 Å². The van der Waals surface area contributed by atoms with Crippen molar-refractivity contribution in [2.45, 2.75) is 38.3 Å². The van der Waals surface area contributed by atoms with Crippen LogP contribution in [0.5, 0.6) is 0 Å². The molecule has 0 spiro atoms. The summed E-state index contributed by atoms with van der Waals surface area (Å²) in [5.74, 6) is 0.801. The van der Waals surface area contributed by atoms with E-state index in [4.69, 9.17) is 10.5 Å². The van der Waals surface area contributed by atoms with Crippen molar-refractivity contribution in [1.82, 2.24) is 4.90 Å². The molecule has 1 amide bonds. The molecule has 1 saturated heterocycles. The molecular weight excluding hydrogens is 192 g/mol. The third kappa shape index (κ3) is 2.69. The summed E-state index contributed by atoms with van der Waals surface area (Å²) in [5, 5.41) is 0. The van der Waals surface area contributed by atoms with Crippen LogP contribution >= 0.6 is 0 Å². The highest BCUT2D eigenvalue weighted by Gasteiger charge is 2.32. The van der Waals surface area contributed by atoms with Crippen molar-refractivity contribution in [2.75, 3.05) is 19.8 Å². The summed E-state index contributed by atoms with van der Waals surface area (Å²) in [6, 6.07) is 0.283. The van der Waals surface area contributed by atoms with Crippen LogP contribution in [0.4, 0.5) is 0 Å². The number of hydrogen-bond donors (Lipinski definition) is 1. The van der Waals surface area contributed by atoms with Crippen molar-refractivity contribution >= 4 is 5.91 Å². The summed E-state index contributed by atoms with van der Waals surface area (Å²) in [6.45, 7) is 4.07. The Hall–Kier alpha value is -0.610. The second kappa shape index (κ2) is 4.49. The van der Waals surface area contributed by atoms with Gasteiger partial charge in [0.2, 0.25) is 5.91 Å². The van der Waals surface area contributed by atoms with E-state index in [1.54, 1.807) is 0 Å². The van der Waals surface area contributed by atoms with E-state index in [1.165, 1.54) is 12.8 Å². The van der Waals surface area contributed by atoms with Crippen LogP contribution in [-0.2, 0) is 9.53 Å². The highest BCUT2D eigenvalue weighted by Crippen LogP contribution is 2.33. The molecule has 86 valence electrons. The van der Waals surface area contributed by atoms with Gasteiger partial charge in [-0.05, 0) is 25.7 Å². The minimum absolute atomic E-state index is 0.0764. The van der Waals surface area contributed by atoms with Crippen LogP contribution < -0.4 is 5.73 Å². The Morgan fingerprint density at radius 1 is 1.60 bits per heavy atom. The molecule has 15 heavy (non-hydrogen) atoms. The lowest BCUT2D eigenvalue weighted by atomic mass is 10.1. The zero-order chi connectivity index (χ0) is 10.8. The topological polar surface area (TPSA) is 55.6 Å². The van der Waals surface area contributed by atoms with E-state index in [0.29, 0.717) is 25.6 Å². The molecule has 2 aliphatic rings. The van der Waals surface area contributed by atoms with Crippen LogP contribution in [0, 0.1) is 5.92 Å². The van der Waals surface area contributed by atoms with Gasteiger partial charge in [0.25, 0.3) is 0 Å². The number of ether oxygens (including phenoxy) is 1.